The van der Waals surface area contributed by atoms with Crippen molar-refractivity contribution in [2.45, 2.75) is 19.5 Å². The van der Waals surface area contributed by atoms with E-state index >= 15 is 0 Å². The van der Waals surface area contributed by atoms with Crippen molar-refractivity contribution in [2.24, 2.45) is 0 Å². The van der Waals surface area contributed by atoms with E-state index in [0.717, 1.165) is 18.7 Å². The molecular formula is C14H18Cl2N6O. The summed E-state index contributed by atoms with van der Waals surface area (Å²) >= 11 is 5.86. The zero-order valence-corrected chi connectivity index (χ0v) is 14.2. The second-order valence-electron chi connectivity index (χ2n) is 5.29. The van der Waals surface area contributed by atoms with E-state index in [1.165, 1.54) is 4.80 Å². The fourth-order valence-corrected chi connectivity index (χ4v) is 2.57. The number of carbonyl (C=O) groups excluding carboxylic acids is 1. The monoisotopic (exact) mass is 356 g/mol. The summed E-state index contributed by atoms with van der Waals surface area (Å²) < 4.78 is 0. The summed E-state index contributed by atoms with van der Waals surface area (Å²) in [6.45, 7) is 4.46. The van der Waals surface area contributed by atoms with Crippen molar-refractivity contribution < 1.29 is 4.79 Å². The summed E-state index contributed by atoms with van der Waals surface area (Å²) in [4.78, 5) is 15.5. The van der Waals surface area contributed by atoms with Gasteiger partial charge in [0.25, 0.3) is 0 Å². The van der Waals surface area contributed by atoms with E-state index in [0.29, 0.717) is 17.4 Å². The van der Waals surface area contributed by atoms with Crippen LogP contribution >= 0.6 is 24.0 Å². The first-order valence-electron chi connectivity index (χ1n) is 7.17. The van der Waals surface area contributed by atoms with Crippen LogP contribution in [0.15, 0.2) is 24.3 Å². The van der Waals surface area contributed by atoms with Gasteiger partial charge in [0.05, 0.1) is 0 Å². The lowest BCUT2D eigenvalue weighted by Crippen LogP contribution is -2.53. The van der Waals surface area contributed by atoms with Gasteiger partial charge in [0.1, 0.15) is 6.54 Å². The van der Waals surface area contributed by atoms with Crippen molar-refractivity contribution in [3.05, 3.63) is 29.3 Å². The van der Waals surface area contributed by atoms with Gasteiger partial charge >= 0.3 is 0 Å². The van der Waals surface area contributed by atoms with Crippen molar-refractivity contribution in [3.8, 4) is 11.4 Å². The molecule has 1 unspecified atom stereocenters. The number of tetrazole rings is 1. The first-order valence-corrected chi connectivity index (χ1v) is 7.55. The van der Waals surface area contributed by atoms with Gasteiger partial charge in [0.15, 0.2) is 0 Å². The fraction of sp³-hybridized carbons (Fsp3) is 0.429. The summed E-state index contributed by atoms with van der Waals surface area (Å²) in [6, 6.07) is 7.37. The molecule has 0 saturated carbocycles. The molecular weight excluding hydrogens is 339 g/mol. The van der Waals surface area contributed by atoms with Gasteiger partial charge in [-0.05, 0) is 36.4 Å². The number of aromatic nitrogens is 4. The number of nitrogens with one attached hydrogen (secondary N) is 1. The Labute approximate surface area is 145 Å². The zero-order chi connectivity index (χ0) is 15.5. The summed E-state index contributed by atoms with van der Waals surface area (Å²) in [5.74, 6) is 0.492. The van der Waals surface area contributed by atoms with Crippen LogP contribution < -0.4 is 5.32 Å². The van der Waals surface area contributed by atoms with Crippen molar-refractivity contribution in [1.29, 1.82) is 0 Å². The molecule has 1 aliphatic rings. The van der Waals surface area contributed by atoms with E-state index < -0.39 is 0 Å². The number of carbonyl (C=O) groups is 1. The standard InChI is InChI=1S/C14H17ClN6O.ClH/c1-10-8-16-6-7-20(10)13(22)9-21-18-14(17-19-21)11-2-4-12(15)5-3-11;/h2-5,10,16H,6-9H2,1H3;1H. The van der Waals surface area contributed by atoms with E-state index in [1.54, 1.807) is 12.1 Å². The van der Waals surface area contributed by atoms with Gasteiger partial charge in [-0.25, -0.2) is 0 Å². The highest BCUT2D eigenvalue weighted by Crippen LogP contribution is 2.17. The average molecular weight is 357 g/mol. The molecule has 23 heavy (non-hydrogen) atoms. The molecule has 0 radical (unpaired) electrons. The van der Waals surface area contributed by atoms with Gasteiger partial charge in [-0.3, -0.25) is 4.79 Å². The molecule has 2 heterocycles. The number of piperazine rings is 1. The Morgan fingerprint density at radius 3 is 2.83 bits per heavy atom. The highest BCUT2D eigenvalue weighted by atomic mass is 35.5. The lowest BCUT2D eigenvalue weighted by molar-refractivity contribution is -0.135. The van der Waals surface area contributed by atoms with E-state index in [-0.39, 0.29) is 30.9 Å². The maximum Gasteiger partial charge on any atom is 0.246 e. The molecule has 0 aliphatic carbocycles. The lowest BCUT2D eigenvalue weighted by Gasteiger charge is -2.33. The molecule has 1 fully saturated rings. The molecule has 124 valence electrons. The van der Waals surface area contributed by atoms with E-state index in [1.807, 2.05) is 24.0 Å². The van der Waals surface area contributed by atoms with Crippen LogP contribution in [-0.4, -0.2) is 56.7 Å². The first kappa shape index (κ1) is 17.7. The number of halogens is 2. The van der Waals surface area contributed by atoms with Crippen LogP contribution in [0.5, 0.6) is 0 Å². The SMILES string of the molecule is CC1CNCCN1C(=O)Cn1nnc(-c2ccc(Cl)cc2)n1.Cl. The maximum atomic E-state index is 12.3. The second kappa shape index (κ2) is 7.72. The number of nitrogens with zero attached hydrogens (tertiary/aromatic N) is 5. The van der Waals surface area contributed by atoms with Crippen molar-refractivity contribution >= 4 is 29.9 Å². The molecule has 0 bridgehead atoms. The average Bonchev–Trinajstić information content (AvgIpc) is 2.97. The molecule has 0 spiro atoms. The third-order valence-corrected chi connectivity index (χ3v) is 3.91. The largest absolute Gasteiger partial charge is 0.336 e. The molecule has 1 aliphatic heterocycles. The second-order valence-corrected chi connectivity index (χ2v) is 5.73. The molecule has 2 aromatic rings. The van der Waals surface area contributed by atoms with Gasteiger partial charge in [-0.2, -0.15) is 4.80 Å². The predicted molar refractivity (Wildman–Crippen MR) is 89.6 cm³/mol. The van der Waals surface area contributed by atoms with Crippen LogP contribution in [-0.2, 0) is 11.3 Å². The van der Waals surface area contributed by atoms with Crippen LogP contribution in [0.3, 0.4) is 0 Å². The van der Waals surface area contributed by atoms with Crippen LogP contribution in [0.2, 0.25) is 5.02 Å². The first-order chi connectivity index (χ1) is 10.6. The third kappa shape index (κ3) is 4.19. The summed E-state index contributed by atoms with van der Waals surface area (Å²) in [5.41, 5.74) is 0.818. The van der Waals surface area contributed by atoms with Gasteiger partial charge in [0, 0.05) is 36.3 Å². The molecule has 1 aromatic carbocycles. The number of rotatable bonds is 3. The zero-order valence-electron chi connectivity index (χ0n) is 12.6. The number of benzene rings is 1. The van der Waals surface area contributed by atoms with Gasteiger partial charge in [0.2, 0.25) is 11.7 Å². The molecule has 1 aromatic heterocycles. The van der Waals surface area contributed by atoms with Gasteiger partial charge in [-0.15, -0.1) is 22.6 Å². The molecule has 1 saturated heterocycles. The lowest BCUT2D eigenvalue weighted by atomic mass is 10.2. The molecule has 1 atom stereocenters. The minimum absolute atomic E-state index is 0. The van der Waals surface area contributed by atoms with Gasteiger partial charge < -0.3 is 10.2 Å². The Hall–Kier alpha value is -1.70. The Morgan fingerprint density at radius 1 is 1.39 bits per heavy atom. The summed E-state index contributed by atoms with van der Waals surface area (Å²) in [6.07, 6.45) is 0. The quantitative estimate of drug-likeness (QED) is 0.895. The molecule has 1 N–H and O–H groups in total. The minimum atomic E-state index is 0. The Morgan fingerprint density at radius 2 is 2.13 bits per heavy atom. The topological polar surface area (TPSA) is 75.9 Å². The summed E-state index contributed by atoms with van der Waals surface area (Å²) in [5, 5.41) is 16.1. The van der Waals surface area contributed by atoms with Crippen LogP contribution in [0.25, 0.3) is 11.4 Å². The molecule has 3 rings (SSSR count). The normalized spacial score (nSPS) is 17.7. The van der Waals surface area contributed by atoms with E-state index in [9.17, 15) is 4.79 Å². The van der Waals surface area contributed by atoms with Gasteiger partial charge in [-0.1, -0.05) is 11.6 Å². The molecule has 7 nitrogen and oxygen atoms in total. The van der Waals surface area contributed by atoms with E-state index in [4.69, 9.17) is 11.6 Å². The third-order valence-electron chi connectivity index (χ3n) is 3.65. The van der Waals surface area contributed by atoms with E-state index in [2.05, 4.69) is 20.7 Å². The number of hydrogen-bond acceptors (Lipinski definition) is 5. The predicted octanol–water partition coefficient (Wildman–Crippen LogP) is 1.24. The highest BCUT2D eigenvalue weighted by Gasteiger charge is 2.23. The Balaban J connectivity index is 0.00000192. The summed E-state index contributed by atoms with van der Waals surface area (Å²) in [7, 11) is 0. The van der Waals surface area contributed by atoms with Crippen LogP contribution in [0.1, 0.15) is 6.92 Å². The molecule has 1 amide bonds. The fourth-order valence-electron chi connectivity index (χ4n) is 2.45. The molecule has 9 heteroatoms. The Kier molecular flexibility index (Phi) is 5.92. The van der Waals surface area contributed by atoms with Crippen LogP contribution in [0.4, 0.5) is 0 Å². The van der Waals surface area contributed by atoms with Crippen molar-refractivity contribution in [2.75, 3.05) is 19.6 Å². The van der Waals surface area contributed by atoms with Crippen molar-refractivity contribution in [1.82, 2.24) is 30.4 Å². The number of hydrogen-bond donors (Lipinski definition) is 1. The Bertz CT molecular complexity index is 660. The highest BCUT2D eigenvalue weighted by molar-refractivity contribution is 6.30. The van der Waals surface area contributed by atoms with Crippen LogP contribution in [0, 0.1) is 0 Å². The van der Waals surface area contributed by atoms with Crippen molar-refractivity contribution in [3.63, 3.8) is 0 Å². The maximum absolute atomic E-state index is 12.3. The minimum Gasteiger partial charge on any atom is -0.336 e. The smallest absolute Gasteiger partial charge is 0.246 e. The number of amides is 1.